The van der Waals surface area contributed by atoms with E-state index in [1.54, 1.807) is 12.1 Å². The Morgan fingerprint density at radius 2 is 1.80 bits per heavy atom. The third-order valence-electron chi connectivity index (χ3n) is 3.42. The number of carboxylic acid groups (broad SMARTS) is 1. The van der Waals surface area contributed by atoms with Crippen molar-refractivity contribution in [3.8, 4) is 0 Å². The average molecular weight is 276 g/mol. The quantitative estimate of drug-likeness (QED) is 0.575. The molecule has 1 aliphatic heterocycles. The summed E-state index contributed by atoms with van der Waals surface area (Å²) in [6.07, 6.45) is 4.70. The number of hydrogen-bond donors (Lipinski definition) is 3. The van der Waals surface area contributed by atoms with Gasteiger partial charge in [-0.3, -0.25) is 0 Å². The second-order valence-corrected chi connectivity index (χ2v) is 4.95. The van der Waals surface area contributed by atoms with Crippen molar-refractivity contribution < 1.29 is 9.90 Å². The van der Waals surface area contributed by atoms with E-state index in [1.807, 2.05) is 0 Å². The van der Waals surface area contributed by atoms with Gasteiger partial charge in [-0.25, -0.2) is 9.79 Å². The molecule has 2 rings (SSSR count). The zero-order valence-electron chi connectivity index (χ0n) is 11.4. The number of nitrogens with zero attached hydrogens (tertiary/aromatic N) is 2. The van der Waals surface area contributed by atoms with E-state index in [4.69, 9.17) is 16.6 Å². The molecule has 1 aliphatic rings. The lowest BCUT2D eigenvalue weighted by atomic mass is 10.1. The Labute approximate surface area is 118 Å². The third-order valence-corrected chi connectivity index (χ3v) is 3.42. The van der Waals surface area contributed by atoms with Crippen LogP contribution < -0.4 is 16.4 Å². The standard InChI is InChI=1S/C14H20N4O2/c15-14(16)17-11-9-10(13(19)20)5-6-12(11)18-7-3-1-2-4-8-18/h5-6,9H,1-4,7-8H2,(H,19,20)(H4,15,16,17). The zero-order valence-corrected chi connectivity index (χ0v) is 11.4. The molecule has 0 atom stereocenters. The first-order chi connectivity index (χ1) is 9.58. The molecule has 0 aliphatic carbocycles. The number of nitrogens with two attached hydrogens (primary N) is 2. The first-order valence-corrected chi connectivity index (χ1v) is 6.80. The highest BCUT2D eigenvalue weighted by atomic mass is 16.4. The molecule has 0 saturated carbocycles. The Kier molecular flexibility index (Phi) is 4.45. The maximum Gasteiger partial charge on any atom is 0.335 e. The summed E-state index contributed by atoms with van der Waals surface area (Å²) in [7, 11) is 0. The maximum absolute atomic E-state index is 11.1. The lowest BCUT2D eigenvalue weighted by Crippen LogP contribution is -2.25. The van der Waals surface area contributed by atoms with Gasteiger partial charge >= 0.3 is 5.97 Å². The van der Waals surface area contributed by atoms with Gasteiger partial charge in [0.15, 0.2) is 5.96 Å². The summed E-state index contributed by atoms with van der Waals surface area (Å²) in [5.74, 6) is -1.05. The van der Waals surface area contributed by atoms with E-state index in [9.17, 15) is 4.79 Å². The van der Waals surface area contributed by atoms with E-state index >= 15 is 0 Å². The van der Waals surface area contributed by atoms with Gasteiger partial charge in [-0.05, 0) is 31.0 Å². The van der Waals surface area contributed by atoms with Crippen LogP contribution >= 0.6 is 0 Å². The highest BCUT2D eigenvalue weighted by molar-refractivity contribution is 5.91. The summed E-state index contributed by atoms with van der Waals surface area (Å²) in [5, 5.41) is 9.07. The van der Waals surface area contributed by atoms with E-state index in [-0.39, 0.29) is 11.5 Å². The summed E-state index contributed by atoms with van der Waals surface area (Å²) in [6, 6.07) is 4.90. The van der Waals surface area contributed by atoms with Gasteiger partial charge in [0.2, 0.25) is 0 Å². The summed E-state index contributed by atoms with van der Waals surface area (Å²) >= 11 is 0. The SMILES string of the molecule is NC(N)=Nc1cc(C(=O)O)ccc1N1CCCCCC1. The Morgan fingerprint density at radius 3 is 2.35 bits per heavy atom. The molecule has 1 aromatic carbocycles. The van der Waals surface area contributed by atoms with Crippen LogP contribution in [-0.4, -0.2) is 30.1 Å². The second-order valence-electron chi connectivity index (χ2n) is 4.95. The van der Waals surface area contributed by atoms with Crippen LogP contribution in [0.5, 0.6) is 0 Å². The maximum atomic E-state index is 11.1. The molecule has 108 valence electrons. The van der Waals surface area contributed by atoms with Crippen molar-refractivity contribution in [3.63, 3.8) is 0 Å². The third kappa shape index (κ3) is 3.40. The van der Waals surface area contributed by atoms with E-state index in [0.717, 1.165) is 31.6 Å². The summed E-state index contributed by atoms with van der Waals surface area (Å²) < 4.78 is 0. The molecule has 1 fully saturated rings. The number of aromatic carboxylic acids is 1. The minimum atomic E-state index is -0.987. The molecule has 0 aromatic heterocycles. The lowest BCUT2D eigenvalue weighted by Gasteiger charge is -2.24. The number of guanidine groups is 1. The molecule has 20 heavy (non-hydrogen) atoms. The van der Waals surface area contributed by atoms with Gasteiger partial charge in [0.05, 0.1) is 16.9 Å². The largest absolute Gasteiger partial charge is 0.478 e. The van der Waals surface area contributed by atoms with Crippen molar-refractivity contribution in [2.24, 2.45) is 16.5 Å². The number of hydrogen-bond acceptors (Lipinski definition) is 3. The average Bonchev–Trinajstić information content (AvgIpc) is 2.66. The second kappa shape index (κ2) is 6.27. The molecule has 1 saturated heterocycles. The van der Waals surface area contributed by atoms with Gasteiger partial charge in [-0.2, -0.15) is 0 Å². The zero-order chi connectivity index (χ0) is 14.5. The number of aliphatic imine (C=N–C) groups is 1. The summed E-state index contributed by atoms with van der Waals surface area (Å²) in [4.78, 5) is 17.4. The van der Waals surface area contributed by atoms with Crippen LogP contribution in [0.4, 0.5) is 11.4 Å². The fraction of sp³-hybridized carbons (Fsp3) is 0.429. The van der Waals surface area contributed by atoms with Crippen molar-refractivity contribution >= 4 is 23.3 Å². The van der Waals surface area contributed by atoms with Crippen molar-refractivity contribution in [2.45, 2.75) is 25.7 Å². The van der Waals surface area contributed by atoms with Crippen LogP contribution in [0.25, 0.3) is 0 Å². The molecule has 0 amide bonds. The summed E-state index contributed by atoms with van der Waals surface area (Å²) in [5.41, 5.74) is 12.5. The van der Waals surface area contributed by atoms with Gasteiger partial charge < -0.3 is 21.5 Å². The number of benzene rings is 1. The van der Waals surface area contributed by atoms with E-state index in [1.165, 1.54) is 18.9 Å². The van der Waals surface area contributed by atoms with Crippen LogP contribution in [0.1, 0.15) is 36.0 Å². The molecule has 1 aromatic rings. The van der Waals surface area contributed by atoms with Gasteiger partial charge in [-0.15, -0.1) is 0 Å². The lowest BCUT2D eigenvalue weighted by molar-refractivity contribution is 0.0697. The predicted octanol–water partition coefficient (Wildman–Crippen LogP) is 1.67. The molecule has 5 N–H and O–H groups in total. The number of rotatable bonds is 3. The minimum absolute atomic E-state index is 0.0661. The molecule has 6 nitrogen and oxygen atoms in total. The molecule has 1 heterocycles. The van der Waals surface area contributed by atoms with Crippen LogP contribution in [0, 0.1) is 0 Å². The van der Waals surface area contributed by atoms with Gasteiger partial charge in [-0.1, -0.05) is 12.8 Å². The number of carboxylic acids is 1. The number of carbonyl (C=O) groups is 1. The van der Waals surface area contributed by atoms with E-state index in [0.29, 0.717) is 5.69 Å². The molecular weight excluding hydrogens is 256 g/mol. The van der Waals surface area contributed by atoms with Crippen LogP contribution in [0.15, 0.2) is 23.2 Å². The minimum Gasteiger partial charge on any atom is -0.478 e. The number of anilines is 1. The topological polar surface area (TPSA) is 105 Å². The Balaban J connectivity index is 2.39. The highest BCUT2D eigenvalue weighted by Crippen LogP contribution is 2.31. The van der Waals surface area contributed by atoms with Crippen molar-refractivity contribution in [1.82, 2.24) is 0 Å². The van der Waals surface area contributed by atoms with E-state index < -0.39 is 5.97 Å². The van der Waals surface area contributed by atoms with Gasteiger partial charge in [0, 0.05) is 13.1 Å². The Hall–Kier alpha value is -2.24. The van der Waals surface area contributed by atoms with Crippen molar-refractivity contribution in [1.29, 1.82) is 0 Å². The van der Waals surface area contributed by atoms with Gasteiger partial charge in [0.1, 0.15) is 0 Å². The summed E-state index contributed by atoms with van der Waals surface area (Å²) in [6.45, 7) is 1.89. The molecule has 0 spiro atoms. The fourth-order valence-corrected chi connectivity index (χ4v) is 2.46. The molecule has 0 radical (unpaired) electrons. The van der Waals surface area contributed by atoms with Crippen LogP contribution in [0.2, 0.25) is 0 Å². The van der Waals surface area contributed by atoms with Crippen molar-refractivity contribution in [3.05, 3.63) is 23.8 Å². The van der Waals surface area contributed by atoms with E-state index in [2.05, 4.69) is 9.89 Å². The van der Waals surface area contributed by atoms with Crippen LogP contribution in [-0.2, 0) is 0 Å². The first kappa shape index (κ1) is 14.2. The molecule has 0 unspecified atom stereocenters. The molecular formula is C14H20N4O2. The molecule has 0 bridgehead atoms. The first-order valence-electron chi connectivity index (χ1n) is 6.80. The fourth-order valence-electron chi connectivity index (χ4n) is 2.46. The predicted molar refractivity (Wildman–Crippen MR) is 79.6 cm³/mol. The Morgan fingerprint density at radius 1 is 1.15 bits per heavy atom. The Bertz CT molecular complexity index is 516. The highest BCUT2D eigenvalue weighted by Gasteiger charge is 2.15. The smallest absolute Gasteiger partial charge is 0.335 e. The molecule has 6 heteroatoms. The van der Waals surface area contributed by atoms with Crippen molar-refractivity contribution in [2.75, 3.05) is 18.0 Å². The van der Waals surface area contributed by atoms with Gasteiger partial charge in [0.25, 0.3) is 0 Å². The van der Waals surface area contributed by atoms with Crippen LogP contribution in [0.3, 0.4) is 0 Å². The normalized spacial score (nSPS) is 15.5. The monoisotopic (exact) mass is 276 g/mol.